The zero-order valence-electron chi connectivity index (χ0n) is 13.9. The highest BCUT2D eigenvalue weighted by Crippen LogP contribution is 2.42. The summed E-state index contributed by atoms with van der Waals surface area (Å²) in [7, 11) is 0. The molecule has 0 aromatic carbocycles. The molecule has 0 radical (unpaired) electrons. The van der Waals surface area contributed by atoms with E-state index in [0.717, 1.165) is 19.6 Å². The number of rotatable bonds is 6. The van der Waals surface area contributed by atoms with Gasteiger partial charge in [0.1, 0.15) is 0 Å². The minimum atomic E-state index is 0.171. The molecule has 2 unspecified atom stereocenters. The molecule has 1 saturated carbocycles. The number of nitrogens with two attached hydrogens (primary N) is 1. The van der Waals surface area contributed by atoms with Crippen LogP contribution in [0.2, 0.25) is 0 Å². The third-order valence-electron chi connectivity index (χ3n) is 5.36. The third-order valence-corrected chi connectivity index (χ3v) is 5.36. The Kier molecular flexibility index (Phi) is 5.77. The largest absolute Gasteiger partial charge is 0.329 e. The fraction of sp³-hybridized carbons (Fsp3) is 0.722. The lowest BCUT2D eigenvalue weighted by molar-refractivity contribution is -0.0164. The molecule has 2 rings (SSSR count). The first-order valence-electron chi connectivity index (χ1n) is 8.48. The first-order valence-corrected chi connectivity index (χ1v) is 8.48. The average Bonchev–Trinajstić information content (AvgIpc) is 2.53. The van der Waals surface area contributed by atoms with E-state index >= 15 is 0 Å². The molecule has 1 aliphatic rings. The number of hydrogen-bond donors (Lipinski definition) is 1. The summed E-state index contributed by atoms with van der Waals surface area (Å²) in [6, 6.07) is 4.25. The summed E-state index contributed by atoms with van der Waals surface area (Å²) in [6.07, 6.45) is 9.01. The molecule has 0 aliphatic heterocycles. The smallest absolute Gasteiger partial charge is 0.0365 e. The highest BCUT2D eigenvalue weighted by Gasteiger charge is 2.44. The number of pyridine rings is 1. The van der Waals surface area contributed by atoms with Crippen molar-refractivity contribution in [3.8, 4) is 0 Å². The highest BCUT2D eigenvalue weighted by atomic mass is 15.2. The van der Waals surface area contributed by atoms with Gasteiger partial charge in [0.05, 0.1) is 0 Å². The van der Waals surface area contributed by atoms with Crippen LogP contribution in [0.25, 0.3) is 0 Å². The van der Waals surface area contributed by atoms with Gasteiger partial charge in [-0.25, -0.2) is 0 Å². The molecule has 1 fully saturated rings. The zero-order valence-corrected chi connectivity index (χ0v) is 13.9. The molecular formula is C18H31N3. The van der Waals surface area contributed by atoms with E-state index in [4.69, 9.17) is 5.73 Å². The SMILES string of the molecule is CCN(Cc1ccncc1)C1(CN)CCCCC1C(C)C. The zero-order chi connectivity index (χ0) is 15.3. The Balaban J connectivity index is 2.26. The second-order valence-electron chi connectivity index (χ2n) is 6.77. The van der Waals surface area contributed by atoms with E-state index in [9.17, 15) is 0 Å². The quantitative estimate of drug-likeness (QED) is 0.872. The van der Waals surface area contributed by atoms with Crippen LogP contribution in [0.1, 0.15) is 52.0 Å². The van der Waals surface area contributed by atoms with Crippen LogP contribution in [0.4, 0.5) is 0 Å². The van der Waals surface area contributed by atoms with Gasteiger partial charge < -0.3 is 5.73 Å². The first-order chi connectivity index (χ1) is 10.1. The van der Waals surface area contributed by atoms with Gasteiger partial charge in [0, 0.05) is 31.0 Å². The van der Waals surface area contributed by atoms with Crippen LogP contribution in [0, 0.1) is 11.8 Å². The van der Waals surface area contributed by atoms with E-state index in [1.807, 2.05) is 12.4 Å². The van der Waals surface area contributed by atoms with Crippen LogP contribution in [-0.4, -0.2) is 28.5 Å². The topological polar surface area (TPSA) is 42.2 Å². The Morgan fingerprint density at radius 2 is 2.05 bits per heavy atom. The maximum atomic E-state index is 6.34. The fourth-order valence-corrected chi connectivity index (χ4v) is 4.27. The van der Waals surface area contributed by atoms with Crippen LogP contribution in [0.5, 0.6) is 0 Å². The van der Waals surface area contributed by atoms with Crippen molar-refractivity contribution < 1.29 is 0 Å². The molecule has 0 amide bonds. The number of aromatic nitrogens is 1. The first kappa shape index (κ1) is 16.4. The maximum absolute atomic E-state index is 6.34. The van der Waals surface area contributed by atoms with Gasteiger partial charge in [-0.15, -0.1) is 0 Å². The lowest BCUT2D eigenvalue weighted by Crippen LogP contribution is -2.60. The third kappa shape index (κ3) is 3.46. The summed E-state index contributed by atoms with van der Waals surface area (Å²) in [4.78, 5) is 6.76. The second kappa shape index (κ2) is 7.37. The van der Waals surface area contributed by atoms with Crippen LogP contribution < -0.4 is 5.73 Å². The van der Waals surface area contributed by atoms with Gasteiger partial charge in [-0.1, -0.05) is 33.6 Å². The number of hydrogen-bond acceptors (Lipinski definition) is 3. The minimum absolute atomic E-state index is 0.171. The molecule has 1 aliphatic carbocycles. The Hall–Kier alpha value is -0.930. The van der Waals surface area contributed by atoms with Crippen molar-refractivity contribution in [3.63, 3.8) is 0 Å². The summed E-state index contributed by atoms with van der Waals surface area (Å²) in [5.74, 6) is 1.40. The molecule has 0 saturated heterocycles. The lowest BCUT2D eigenvalue weighted by atomic mass is 9.66. The number of likely N-dealkylation sites (N-methyl/N-ethyl adjacent to an activating group) is 1. The van der Waals surface area contributed by atoms with Gasteiger partial charge in [0.25, 0.3) is 0 Å². The monoisotopic (exact) mass is 289 g/mol. The van der Waals surface area contributed by atoms with Gasteiger partial charge in [0.2, 0.25) is 0 Å². The second-order valence-corrected chi connectivity index (χ2v) is 6.77. The molecule has 1 heterocycles. The summed E-state index contributed by atoms with van der Waals surface area (Å²) >= 11 is 0. The molecule has 3 nitrogen and oxygen atoms in total. The molecular weight excluding hydrogens is 258 g/mol. The van der Waals surface area contributed by atoms with Crippen molar-refractivity contribution in [1.29, 1.82) is 0 Å². The van der Waals surface area contributed by atoms with Crippen molar-refractivity contribution in [2.75, 3.05) is 13.1 Å². The number of nitrogens with zero attached hydrogens (tertiary/aromatic N) is 2. The van der Waals surface area contributed by atoms with Crippen molar-refractivity contribution in [1.82, 2.24) is 9.88 Å². The molecule has 1 aromatic rings. The van der Waals surface area contributed by atoms with Gasteiger partial charge in [-0.2, -0.15) is 0 Å². The van der Waals surface area contributed by atoms with Gasteiger partial charge in [0.15, 0.2) is 0 Å². The lowest BCUT2D eigenvalue weighted by Gasteiger charge is -2.52. The van der Waals surface area contributed by atoms with Crippen LogP contribution in [-0.2, 0) is 6.54 Å². The van der Waals surface area contributed by atoms with E-state index in [2.05, 4.69) is 42.8 Å². The molecule has 1 aromatic heterocycles. The van der Waals surface area contributed by atoms with Gasteiger partial charge in [-0.05, 0) is 48.9 Å². The van der Waals surface area contributed by atoms with Crippen molar-refractivity contribution in [3.05, 3.63) is 30.1 Å². The molecule has 0 bridgehead atoms. The minimum Gasteiger partial charge on any atom is -0.329 e. The van der Waals surface area contributed by atoms with Gasteiger partial charge >= 0.3 is 0 Å². The van der Waals surface area contributed by atoms with E-state index < -0.39 is 0 Å². The summed E-state index contributed by atoms with van der Waals surface area (Å²) in [5, 5.41) is 0. The van der Waals surface area contributed by atoms with Gasteiger partial charge in [-0.3, -0.25) is 9.88 Å². The van der Waals surface area contributed by atoms with E-state index in [1.165, 1.54) is 31.2 Å². The van der Waals surface area contributed by atoms with Crippen LogP contribution in [0.3, 0.4) is 0 Å². The predicted octanol–water partition coefficient (Wildman–Crippen LogP) is 3.45. The average molecular weight is 289 g/mol. The van der Waals surface area contributed by atoms with Crippen molar-refractivity contribution in [2.24, 2.45) is 17.6 Å². The van der Waals surface area contributed by atoms with Crippen molar-refractivity contribution >= 4 is 0 Å². The molecule has 21 heavy (non-hydrogen) atoms. The predicted molar refractivity (Wildman–Crippen MR) is 88.9 cm³/mol. The summed E-state index contributed by atoms with van der Waals surface area (Å²) in [6.45, 7) is 9.81. The summed E-state index contributed by atoms with van der Waals surface area (Å²) in [5.41, 5.74) is 7.85. The molecule has 118 valence electrons. The Morgan fingerprint density at radius 3 is 2.62 bits per heavy atom. The fourth-order valence-electron chi connectivity index (χ4n) is 4.27. The van der Waals surface area contributed by atoms with E-state index in [1.54, 1.807) is 0 Å². The van der Waals surface area contributed by atoms with Crippen LogP contribution >= 0.6 is 0 Å². The Bertz CT molecular complexity index is 418. The molecule has 2 atom stereocenters. The molecule has 0 spiro atoms. The van der Waals surface area contributed by atoms with Crippen molar-refractivity contribution in [2.45, 2.75) is 58.5 Å². The van der Waals surface area contributed by atoms with Crippen LogP contribution in [0.15, 0.2) is 24.5 Å². The maximum Gasteiger partial charge on any atom is 0.0365 e. The standard InChI is InChI=1S/C18H31N3/c1-4-21(13-16-8-11-20-12-9-16)18(14-19)10-6-5-7-17(18)15(2)3/h8-9,11-12,15,17H,4-7,10,13-14,19H2,1-3H3. The molecule has 2 N–H and O–H groups in total. The Labute approximate surface area is 129 Å². The Morgan fingerprint density at radius 1 is 1.33 bits per heavy atom. The van der Waals surface area contributed by atoms with E-state index in [-0.39, 0.29) is 5.54 Å². The molecule has 3 heteroatoms. The normalized spacial score (nSPS) is 26.5. The van der Waals surface area contributed by atoms with E-state index in [0.29, 0.717) is 11.8 Å². The summed E-state index contributed by atoms with van der Waals surface area (Å²) < 4.78 is 0. The highest BCUT2D eigenvalue weighted by molar-refractivity contribution is 5.11.